The molecule has 8 nitrogen and oxygen atoms in total. The van der Waals surface area contributed by atoms with Gasteiger partial charge in [0.1, 0.15) is 9.88 Å². The molecule has 9 heteroatoms. The molecule has 0 aliphatic rings. The summed E-state index contributed by atoms with van der Waals surface area (Å²) in [7, 11) is 2.89. The number of amides is 1. The number of nitrogens with zero attached hydrogens (tertiary/aromatic N) is 3. The van der Waals surface area contributed by atoms with Crippen LogP contribution in [-0.4, -0.2) is 33.8 Å². The summed E-state index contributed by atoms with van der Waals surface area (Å²) in [6, 6.07) is 6.37. The molecule has 0 bridgehead atoms. The standard InChI is InChI=1S/C20H20N4O4S/c1-10-11(2)23-24(4)19(26)15(10)18-21-12(3)16(29-18)17(25)22-14-8-6-13(7-9-14)20(27)28-5/h6-9H,1-5H3,(H,22,25). The number of benzene rings is 1. The normalized spacial score (nSPS) is 10.7. The molecule has 1 amide bonds. The van der Waals surface area contributed by atoms with Crippen LogP contribution in [-0.2, 0) is 11.8 Å². The number of ether oxygens (including phenoxy) is 1. The predicted molar refractivity (Wildman–Crippen MR) is 111 cm³/mol. The number of esters is 1. The Morgan fingerprint density at radius 3 is 2.38 bits per heavy atom. The van der Waals surface area contributed by atoms with Gasteiger partial charge in [-0.05, 0) is 50.6 Å². The minimum atomic E-state index is -0.449. The summed E-state index contributed by atoms with van der Waals surface area (Å²) < 4.78 is 5.93. The molecule has 0 fully saturated rings. The summed E-state index contributed by atoms with van der Waals surface area (Å²) in [6.45, 7) is 5.37. The van der Waals surface area contributed by atoms with Crippen LogP contribution >= 0.6 is 11.3 Å². The lowest BCUT2D eigenvalue weighted by molar-refractivity contribution is 0.0600. The van der Waals surface area contributed by atoms with Gasteiger partial charge >= 0.3 is 5.97 Å². The van der Waals surface area contributed by atoms with E-state index in [9.17, 15) is 14.4 Å². The third-order valence-corrected chi connectivity index (χ3v) is 5.68. The van der Waals surface area contributed by atoms with Crippen molar-refractivity contribution in [3.63, 3.8) is 0 Å². The minimum Gasteiger partial charge on any atom is -0.465 e. The van der Waals surface area contributed by atoms with Gasteiger partial charge in [-0.25, -0.2) is 14.5 Å². The van der Waals surface area contributed by atoms with Crippen LogP contribution in [0.4, 0.5) is 5.69 Å². The highest BCUT2D eigenvalue weighted by Gasteiger charge is 2.21. The Hall–Kier alpha value is -3.33. The lowest BCUT2D eigenvalue weighted by atomic mass is 10.1. The fraction of sp³-hybridized carbons (Fsp3) is 0.250. The van der Waals surface area contributed by atoms with E-state index in [1.165, 1.54) is 11.8 Å². The highest BCUT2D eigenvalue weighted by molar-refractivity contribution is 7.17. The molecule has 0 atom stereocenters. The maximum atomic E-state index is 12.7. The van der Waals surface area contributed by atoms with Crippen LogP contribution in [0.3, 0.4) is 0 Å². The topological polar surface area (TPSA) is 103 Å². The first kappa shape index (κ1) is 20.4. The van der Waals surface area contributed by atoms with Gasteiger partial charge in [-0.3, -0.25) is 9.59 Å². The fourth-order valence-corrected chi connectivity index (χ4v) is 3.87. The number of thiazole rings is 1. The van der Waals surface area contributed by atoms with E-state index in [2.05, 4.69) is 20.1 Å². The van der Waals surface area contributed by atoms with Crippen LogP contribution in [0.15, 0.2) is 29.1 Å². The highest BCUT2D eigenvalue weighted by Crippen LogP contribution is 2.29. The maximum Gasteiger partial charge on any atom is 0.337 e. The van der Waals surface area contributed by atoms with Crippen molar-refractivity contribution in [1.29, 1.82) is 0 Å². The average molecular weight is 412 g/mol. The second kappa shape index (κ2) is 7.96. The highest BCUT2D eigenvalue weighted by atomic mass is 32.1. The van der Waals surface area contributed by atoms with Gasteiger partial charge in [0.15, 0.2) is 0 Å². The summed E-state index contributed by atoms with van der Waals surface area (Å²) in [5.74, 6) is -0.785. The van der Waals surface area contributed by atoms with Gasteiger partial charge in [-0.1, -0.05) is 0 Å². The fourth-order valence-electron chi connectivity index (χ4n) is 2.81. The van der Waals surface area contributed by atoms with Crippen LogP contribution in [0.25, 0.3) is 10.6 Å². The molecule has 0 radical (unpaired) electrons. The van der Waals surface area contributed by atoms with Gasteiger partial charge in [0.2, 0.25) is 0 Å². The Bertz CT molecular complexity index is 1160. The van der Waals surface area contributed by atoms with E-state index in [1.807, 2.05) is 13.8 Å². The predicted octanol–water partition coefficient (Wildman–Crippen LogP) is 2.87. The second-order valence-electron chi connectivity index (χ2n) is 6.47. The van der Waals surface area contributed by atoms with Crippen molar-refractivity contribution in [2.75, 3.05) is 12.4 Å². The number of hydrogen-bond donors (Lipinski definition) is 1. The van der Waals surface area contributed by atoms with Crippen molar-refractivity contribution in [2.24, 2.45) is 7.05 Å². The van der Waals surface area contributed by atoms with E-state index in [0.717, 1.165) is 22.6 Å². The summed E-state index contributed by atoms with van der Waals surface area (Å²) in [4.78, 5) is 41.7. The average Bonchev–Trinajstić information content (AvgIpc) is 3.08. The summed E-state index contributed by atoms with van der Waals surface area (Å²) in [5, 5.41) is 7.44. The lowest BCUT2D eigenvalue weighted by Gasteiger charge is -2.07. The van der Waals surface area contributed by atoms with Crippen molar-refractivity contribution in [3.8, 4) is 10.6 Å². The Morgan fingerprint density at radius 1 is 1.10 bits per heavy atom. The number of methoxy groups -OCH3 is 1. The van der Waals surface area contributed by atoms with Crippen LogP contribution in [0, 0.1) is 20.8 Å². The molecular formula is C20H20N4O4S. The van der Waals surface area contributed by atoms with Crippen molar-refractivity contribution in [3.05, 3.63) is 62.0 Å². The van der Waals surface area contributed by atoms with Crippen LogP contribution in [0.1, 0.15) is 37.0 Å². The van der Waals surface area contributed by atoms with E-state index in [0.29, 0.717) is 32.4 Å². The third kappa shape index (κ3) is 3.95. The molecule has 150 valence electrons. The molecule has 29 heavy (non-hydrogen) atoms. The Balaban J connectivity index is 1.90. The minimum absolute atomic E-state index is 0.257. The summed E-state index contributed by atoms with van der Waals surface area (Å²) in [6.07, 6.45) is 0. The number of rotatable bonds is 4. The zero-order chi connectivity index (χ0) is 21.3. The smallest absolute Gasteiger partial charge is 0.337 e. The molecule has 0 aliphatic heterocycles. The molecule has 2 heterocycles. The number of nitrogens with one attached hydrogen (secondary N) is 1. The first-order chi connectivity index (χ1) is 13.7. The van der Waals surface area contributed by atoms with Gasteiger partial charge < -0.3 is 10.1 Å². The number of carbonyl (C=O) groups excluding carboxylic acids is 2. The molecule has 0 aliphatic carbocycles. The molecule has 0 unspecified atom stereocenters. The zero-order valence-electron chi connectivity index (χ0n) is 16.7. The van der Waals surface area contributed by atoms with Crippen LogP contribution in [0.5, 0.6) is 0 Å². The van der Waals surface area contributed by atoms with E-state index < -0.39 is 5.97 Å². The number of hydrogen-bond acceptors (Lipinski definition) is 7. The van der Waals surface area contributed by atoms with Crippen molar-refractivity contribution < 1.29 is 14.3 Å². The van der Waals surface area contributed by atoms with Crippen molar-refractivity contribution >= 4 is 28.9 Å². The number of aryl methyl sites for hydroxylation is 3. The van der Waals surface area contributed by atoms with E-state index >= 15 is 0 Å². The summed E-state index contributed by atoms with van der Waals surface area (Å²) >= 11 is 1.16. The lowest BCUT2D eigenvalue weighted by Crippen LogP contribution is -2.23. The van der Waals surface area contributed by atoms with E-state index in [4.69, 9.17) is 0 Å². The van der Waals surface area contributed by atoms with E-state index in [-0.39, 0.29) is 11.5 Å². The number of aromatic nitrogens is 3. The van der Waals surface area contributed by atoms with Crippen molar-refractivity contribution in [1.82, 2.24) is 14.8 Å². The maximum absolute atomic E-state index is 12.7. The molecule has 1 aromatic carbocycles. The van der Waals surface area contributed by atoms with E-state index in [1.54, 1.807) is 38.2 Å². The SMILES string of the molecule is COC(=O)c1ccc(NC(=O)c2sc(-c3c(C)c(C)nn(C)c3=O)nc2C)cc1. The van der Waals surface area contributed by atoms with Crippen molar-refractivity contribution in [2.45, 2.75) is 20.8 Å². The first-order valence-electron chi connectivity index (χ1n) is 8.75. The number of anilines is 1. The molecule has 1 N–H and O–H groups in total. The Kier molecular flexibility index (Phi) is 5.60. The van der Waals surface area contributed by atoms with Gasteiger partial charge in [-0.15, -0.1) is 11.3 Å². The largest absolute Gasteiger partial charge is 0.465 e. The third-order valence-electron chi connectivity index (χ3n) is 4.51. The Labute approximate surface area is 171 Å². The monoisotopic (exact) mass is 412 g/mol. The summed E-state index contributed by atoms with van der Waals surface area (Å²) in [5.41, 5.74) is 3.12. The van der Waals surface area contributed by atoms with Crippen LogP contribution in [0.2, 0.25) is 0 Å². The molecule has 3 aromatic rings. The molecule has 0 spiro atoms. The molecule has 2 aromatic heterocycles. The van der Waals surface area contributed by atoms with Gasteiger partial charge in [0, 0.05) is 12.7 Å². The number of carbonyl (C=O) groups is 2. The molecular weight excluding hydrogens is 392 g/mol. The van der Waals surface area contributed by atoms with Gasteiger partial charge in [-0.2, -0.15) is 5.10 Å². The zero-order valence-corrected chi connectivity index (χ0v) is 17.5. The molecule has 3 rings (SSSR count). The quantitative estimate of drug-likeness (QED) is 0.661. The van der Waals surface area contributed by atoms with Gasteiger partial charge in [0.05, 0.1) is 29.6 Å². The van der Waals surface area contributed by atoms with Gasteiger partial charge in [0.25, 0.3) is 11.5 Å². The first-order valence-corrected chi connectivity index (χ1v) is 9.56. The molecule has 0 saturated heterocycles. The second-order valence-corrected chi connectivity index (χ2v) is 7.47. The molecule has 0 saturated carbocycles. The van der Waals surface area contributed by atoms with Crippen LogP contribution < -0.4 is 10.9 Å². The Morgan fingerprint density at radius 2 is 1.76 bits per heavy atom.